The Kier molecular flexibility index (Phi) is 4.52. The lowest BCUT2D eigenvalue weighted by molar-refractivity contribution is 0.139. The number of nitrogens with zero attached hydrogens (tertiary/aromatic N) is 3. The summed E-state index contributed by atoms with van der Waals surface area (Å²) in [6.07, 6.45) is 3.89. The average Bonchev–Trinajstić information content (AvgIpc) is 2.67. The van der Waals surface area contributed by atoms with Crippen molar-refractivity contribution in [2.75, 3.05) is 20.1 Å². The molecule has 1 fully saturated rings. The van der Waals surface area contributed by atoms with Crippen molar-refractivity contribution in [3.63, 3.8) is 0 Å². The zero-order valence-corrected chi connectivity index (χ0v) is 11.0. The van der Waals surface area contributed by atoms with Crippen molar-refractivity contribution < 1.29 is 0 Å². The topological polar surface area (TPSA) is 41.0 Å². The maximum atomic E-state index is 5.79. The molecule has 1 aliphatic rings. The molecule has 2 rings (SSSR count). The molecular weight excluding hydrogens is 244 g/mol. The van der Waals surface area contributed by atoms with E-state index in [1.165, 1.54) is 30.6 Å². The summed E-state index contributed by atoms with van der Waals surface area (Å²) in [5.41, 5.74) is 0. The Balaban J connectivity index is 1.95. The van der Waals surface area contributed by atoms with Crippen LogP contribution in [0.1, 0.15) is 24.3 Å². The van der Waals surface area contributed by atoms with E-state index in [4.69, 9.17) is 11.6 Å². The van der Waals surface area contributed by atoms with Crippen LogP contribution in [0.5, 0.6) is 0 Å². The Morgan fingerprint density at radius 3 is 3.06 bits per heavy atom. The lowest BCUT2D eigenvalue weighted by Gasteiger charge is -2.34. The number of piperidine rings is 1. The Labute approximate surface area is 105 Å². The number of hydrogen-bond acceptors (Lipinski definition) is 5. The number of aromatic nitrogens is 2. The van der Waals surface area contributed by atoms with Gasteiger partial charge in [-0.25, -0.2) is 0 Å². The van der Waals surface area contributed by atoms with E-state index in [9.17, 15) is 0 Å². The number of nitrogens with one attached hydrogen (secondary N) is 1. The molecular formula is C10H17ClN4S. The van der Waals surface area contributed by atoms with Crippen LogP contribution in [0, 0.1) is 0 Å². The van der Waals surface area contributed by atoms with Crippen LogP contribution in [0.25, 0.3) is 0 Å². The van der Waals surface area contributed by atoms with Gasteiger partial charge in [-0.3, -0.25) is 4.90 Å². The first kappa shape index (κ1) is 12.2. The monoisotopic (exact) mass is 260 g/mol. The van der Waals surface area contributed by atoms with Crippen LogP contribution >= 0.6 is 22.9 Å². The maximum absolute atomic E-state index is 5.79. The van der Waals surface area contributed by atoms with Gasteiger partial charge in [-0.15, -0.1) is 10.2 Å². The summed E-state index contributed by atoms with van der Waals surface area (Å²) in [7, 11) is 2.01. The van der Waals surface area contributed by atoms with Crippen LogP contribution in [-0.2, 0) is 6.54 Å². The fourth-order valence-electron chi connectivity index (χ4n) is 2.21. The Bertz CT molecular complexity index is 328. The number of likely N-dealkylation sites (N-methyl/N-ethyl adjacent to an activating group) is 1. The maximum Gasteiger partial charge on any atom is 0.207 e. The summed E-state index contributed by atoms with van der Waals surface area (Å²) in [6.45, 7) is 3.09. The number of halogens is 1. The van der Waals surface area contributed by atoms with E-state index in [-0.39, 0.29) is 0 Å². The molecule has 0 aliphatic carbocycles. The molecule has 1 aromatic rings. The molecule has 1 saturated heterocycles. The van der Waals surface area contributed by atoms with Crippen molar-refractivity contribution in [2.24, 2.45) is 0 Å². The molecule has 1 N–H and O–H groups in total. The van der Waals surface area contributed by atoms with Crippen molar-refractivity contribution in [3.8, 4) is 0 Å². The first-order valence-electron chi connectivity index (χ1n) is 5.66. The molecule has 2 heterocycles. The highest BCUT2D eigenvalue weighted by atomic mass is 35.5. The van der Waals surface area contributed by atoms with Crippen molar-refractivity contribution in [1.82, 2.24) is 20.4 Å². The van der Waals surface area contributed by atoms with E-state index in [1.54, 1.807) is 0 Å². The third-order valence-corrected chi connectivity index (χ3v) is 3.97. The minimum Gasteiger partial charge on any atom is -0.318 e. The quantitative estimate of drug-likeness (QED) is 0.896. The SMILES string of the molecule is CNCC1CCCCN1Cc1nnc(Cl)s1. The molecule has 1 aromatic heterocycles. The Morgan fingerprint density at radius 2 is 2.38 bits per heavy atom. The molecule has 0 saturated carbocycles. The molecule has 0 radical (unpaired) electrons. The van der Waals surface area contributed by atoms with Crippen molar-refractivity contribution >= 4 is 22.9 Å². The Morgan fingerprint density at radius 1 is 1.50 bits per heavy atom. The minimum atomic E-state index is 0.539. The molecule has 4 nitrogen and oxygen atoms in total. The van der Waals surface area contributed by atoms with Gasteiger partial charge in [0.1, 0.15) is 5.01 Å². The van der Waals surface area contributed by atoms with Gasteiger partial charge in [0, 0.05) is 12.6 Å². The van der Waals surface area contributed by atoms with Gasteiger partial charge in [0.15, 0.2) is 0 Å². The van der Waals surface area contributed by atoms with Gasteiger partial charge < -0.3 is 5.32 Å². The van der Waals surface area contributed by atoms with Crippen molar-refractivity contribution in [1.29, 1.82) is 0 Å². The summed E-state index contributed by atoms with van der Waals surface area (Å²) >= 11 is 7.27. The first-order chi connectivity index (χ1) is 7.79. The van der Waals surface area contributed by atoms with Gasteiger partial charge in [0.05, 0.1) is 6.54 Å². The average molecular weight is 261 g/mol. The van der Waals surface area contributed by atoms with E-state index >= 15 is 0 Å². The fraction of sp³-hybridized carbons (Fsp3) is 0.800. The van der Waals surface area contributed by atoms with Gasteiger partial charge in [0.25, 0.3) is 0 Å². The summed E-state index contributed by atoms with van der Waals surface area (Å²) in [6, 6.07) is 0.626. The van der Waals surface area contributed by atoms with Crippen LogP contribution in [0.2, 0.25) is 4.47 Å². The van der Waals surface area contributed by atoms with Gasteiger partial charge in [0.2, 0.25) is 4.47 Å². The highest BCUT2D eigenvalue weighted by Gasteiger charge is 2.22. The Hall–Kier alpha value is -0.230. The highest BCUT2D eigenvalue weighted by Crippen LogP contribution is 2.22. The molecule has 0 spiro atoms. The van der Waals surface area contributed by atoms with Gasteiger partial charge in [-0.05, 0) is 38.0 Å². The fourth-order valence-corrected chi connectivity index (χ4v) is 3.10. The normalized spacial score (nSPS) is 22.5. The number of hydrogen-bond donors (Lipinski definition) is 1. The predicted octanol–water partition coefficient (Wildman–Crippen LogP) is 1.77. The first-order valence-corrected chi connectivity index (χ1v) is 6.85. The van der Waals surface area contributed by atoms with Crippen LogP contribution in [0.15, 0.2) is 0 Å². The summed E-state index contributed by atoms with van der Waals surface area (Å²) in [5, 5.41) is 12.2. The van der Waals surface area contributed by atoms with E-state index < -0.39 is 0 Å². The van der Waals surface area contributed by atoms with Gasteiger partial charge >= 0.3 is 0 Å². The number of rotatable bonds is 4. The van der Waals surface area contributed by atoms with Crippen molar-refractivity contribution in [2.45, 2.75) is 31.8 Å². The van der Waals surface area contributed by atoms with Crippen LogP contribution in [-0.4, -0.2) is 41.3 Å². The van der Waals surface area contributed by atoms with Crippen LogP contribution < -0.4 is 5.32 Å². The summed E-state index contributed by atoms with van der Waals surface area (Å²) < 4.78 is 0.539. The summed E-state index contributed by atoms with van der Waals surface area (Å²) in [5.74, 6) is 0. The zero-order valence-electron chi connectivity index (χ0n) is 9.45. The largest absolute Gasteiger partial charge is 0.318 e. The second-order valence-corrected chi connectivity index (χ2v) is 5.77. The molecule has 1 atom stereocenters. The molecule has 1 aliphatic heterocycles. The molecule has 1 unspecified atom stereocenters. The second-order valence-electron chi connectivity index (χ2n) is 4.13. The van der Waals surface area contributed by atoms with E-state index in [1.807, 2.05) is 7.05 Å². The van der Waals surface area contributed by atoms with Crippen molar-refractivity contribution in [3.05, 3.63) is 9.47 Å². The molecule has 0 amide bonds. The molecule has 0 aromatic carbocycles. The van der Waals surface area contributed by atoms with E-state index in [0.29, 0.717) is 10.5 Å². The van der Waals surface area contributed by atoms with Crippen LogP contribution in [0.3, 0.4) is 0 Å². The van der Waals surface area contributed by atoms with E-state index in [0.717, 1.165) is 24.6 Å². The predicted molar refractivity (Wildman–Crippen MR) is 66.9 cm³/mol. The molecule has 16 heavy (non-hydrogen) atoms. The lowest BCUT2D eigenvalue weighted by Crippen LogP contribution is -2.44. The minimum absolute atomic E-state index is 0.539. The molecule has 0 bridgehead atoms. The lowest BCUT2D eigenvalue weighted by atomic mass is 10.0. The smallest absolute Gasteiger partial charge is 0.207 e. The second kappa shape index (κ2) is 5.91. The number of likely N-dealkylation sites (tertiary alicyclic amines) is 1. The van der Waals surface area contributed by atoms with Gasteiger partial charge in [-0.2, -0.15) is 0 Å². The molecule has 6 heteroatoms. The summed E-state index contributed by atoms with van der Waals surface area (Å²) in [4.78, 5) is 2.48. The zero-order chi connectivity index (χ0) is 11.4. The highest BCUT2D eigenvalue weighted by molar-refractivity contribution is 7.15. The van der Waals surface area contributed by atoms with Gasteiger partial charge in [-0.1, -0.05) is 17.8 Å². The third kappa shape index (κ3) is 3.13. The van der Waals surface area contributed by atoms with E-state index in [2.05, 4.69) is 20.4 Å². The third-order valence-electron chi connectivity index (χ3n) is 2.97. The standard InChI is InChI=1S/C10H17ClN4S/c1-12-6-8-4-2-3-5-15(8)7-9-13-14-10(11)16-9/h8,12H,2-7H2,1H3. The molecule has 90 valence electrons. The van der Waals surface area contributed by atoms with Crippen LogP contribution in [0.4, 0.5) is 0 Å².